The third-order valence-electron chi connectivity index (χ3n) is 2.46. The van der Waals surface area contributed by atoms with Gasteiger partial charge in [0.1, 0.15) is 0 Å². The molecule has 15 heavy (non-hydrogen) atoms. The fraction of sp³-hybridized carbons (Fsp3) is 0.364. The summed E-state index contributed by atoms with van der Waals surface area (Å²) < 4.78 is 7.12. The van der Waals surface area contributed by atoms with Crippen molar-refractivity contribution in [2.45, 2.75) is 13.1 Å². The number of nitrogens with zero attached hydrogens (tertiary/aromatic N) is 2. The van der Waals surface area contributed by atoms with E-state index in [1.165, 1.54) is 0 Å². The fourth-order valence-corrected chi connectivity index (χ4v) is 1.60. The van der Waals surface area contributed by atoms with Crippen molar-refractivity contribution in [2.75, 3.05) is 13.7 Å². The second-order valence-electron chi connectivity index (χ2n) is 3.46. The van der Waals surface area contributed by atoms with Gasteiger partial charge in [0.05, 0.1) is 24.0 Å². The molecule has 0 saturated carbocycles. The van der Waals surface area contributed by atoms with Crippen LogP contribution in [0.25, 0.3) is 11.0 Å². The highest BCUT2D eigenvalue weighted by atomic mass is 16.5. The van der Waals surface area contributed by atoms with Crippen LogP contribution in [0.5, 0.6) is 0 Å². The lowest BCUT2D eigenvalue weighted by Crippen LogP contribution is -2.02. The number of rotatable bonds is 4. The smallest absolute Gasteiger partial charge is 0.0959 e. The Morgan fingerprint density at radius 3 is 3.07 bits per heavy atom. The van der Waals surface area contributed by atoms with Gasteiger partial charge in [-0.15, -0.1) is 0 Å². The van der Waals surface area contributed by atoms with E-state index in [-0.39, 0.29) is 0 Å². The predicted octanol–water partition coefficient (Wildman–Crippen LogP) is 1.14. The zero-order chi connectivity index (χ0) is 10.7. The molecule has 4 heteroatoms. The van der Waals surface area contributed by atoms with Crippen molar-refractivity contribution in [3.63, 3.8) is 0 Å². The fourth-order valence-electron chi connectivity index (χ4n) is 1.60. The third-order valence-corrected chi connectivity index (χ3v) is 2.46. The van der Waals surface area contributed by atoms with Gasteiger partial charge in [0, 0.05) is 20.2 Å². The molecule has 80 valence electrons. The van der Waals surface area contributed by atoms with Crippen molar-refractivity contribution in [2.24, 2.45) is 5.73 Å². The molecule has 1 heterocycles. The molecule has 0 radical (unpaired) electrons. The average molecular weight is 205 g/mol. The van der Waals surface area contributed by atoms with Crippen molar-refractivity contribution >= 4 is 11.0 Å². The molecule has 0 saturated heterocycles. The van der Waals surface area contributed by atoms with E-state index in [1.54, 1.807) is 7.11 Å². The molecule has 0 fully saturated rings. The zero-order valence-corrected chi connectivity index (χ0v) is 8.81. The molecule has 0 amide bonds. The maximum absolute atomic E-state index is 5.57. The molecule has 0 spiro atoms. The molecule has 2 aromatic rings. The van der Waals surface area contributed by atoms with Crippen LogP contribution in [0.15, 0.2) is 24.5 Å². The predicted molar refractivity (Wildman–Crippen MR) is 59.5 cm³/mol. The Bertz CT molecular complexity index is 450. The lowest BCUT2D eigenvalue weighted by molar-refractivity contribution is 0.188. The molecule has 1 aromatic heterocycles. The van der Waals surface area contributed by atoms with E-state index in [0.717, 1.165) is 23.1 Å². The van der Waals surface area contributed by atoms with Gasteiger partial charge in [-0.1, -0.05) is 6.07 Å². The van der Waals surface area contributed by atoms with Crippen molar-refractivity contribution in [3.05, 3.63) is 30.1 Å². The number of hydrogen-bond acceptors (Lipinski definition) is 3. The summed E-state index contributed by atoms with van der Waals surface area (Å²) in [5, 5.41) is 0. The summed E-state index contributed by atoms with van der Waals surface area (Å²) >= 11 is 0. The molecule has 0 atom stereocenters. The number of fused-ring (bicyclic) bond motifs is 1. The first-order valence-electron chi connectivity index (χ1n) is 4.98. The molecule has 0 aliphatic rings. The van der Waals surface area contributed by atoms with Crippen molar-refractivity contribution in [1.29, 1.82) is 0 Å². The minimum Gasteiger partial charge on any atom is -0.383 e. The van der Waals surface area contributed by atoms with Gasteiger partial charge in [0.25, 0.3) is 0 Å². The first kappa shape index (κ1) is 10.1. The number of nitrogens with two attached hydrogens (primary N) is 1. The lowest BCUT2D eigenvalue weighted by atomic mass is 10.2. The van der Waals surface area contributed by atoms with Crippen LogP contribution in [0.3, 0.4) is 0 Å². The largest absolute Gasteiger partial charge is 0.383 e. The first-order chi connectivity index (χ1) is 7.35. The van der Waals surface area contributed by atoms with E-state index < -0.39 is 0 Å². The Morgan fingerprint density at radius 1 is 1.47 bits per heavy atom. The van der Waals surface area contributed by atoms with Gasteiger partial charge in [-0.25, -0.2) is 4.98 Å². The van der Waals surface area contributed by atoms with E-state index in [2.05, 4.69) is 15.6 Å². The molecule has 2 N–H and O–H groups in total. The zero-order valence-electron chi connectivity index (χ0n) is 8.81. The van der Waals surface area contributed by atoms with Crippen LogP contribution < -0.4 is 5.73 Å². The summed E-state index contributed by atoms with van der Waals surface area (Å²) in [6.45, 7) is 2.08. The monoisotopic (exact) mass is 205 g/mol. The highest BCUT2D eigenvalue weighted by molar-refractivity contribution is 5.76. The number of hydrogen-bond donors (Lipinski definition) is 1. The minimum absolute atomic E-state index is 0.556. The van der Waals surface area contributed by atoms with E-state index in [0.29, 0.717) is 13.2 Å². The van der Waals surface area contributed by atoms with E-state index in [9.17, 15) is 0 Å². The molecule has 1 aromatic carbocycles. The van der Waals surface area contributed by atoms with Crippen LogP contribution in [0.2, 0.25) is 0 Å². The van der Waals surface area contributed by atoms with Gasteiger partial charge >= 0.3 is 0 Å². The summed E-state index contributed by atoms with van der Waals surface area (Å²) in [6, 6.07) is 6.12. The molecule has 0 unspecified atom stereocenters. The Morgan fingerprint density at radius 2 is 2.33 bits per heavy atom. The maximum atomic E-state index is 5.57. The van der Waals surface area contributed by atoms with Crippen LogP contribution in [-0.4, -0.2) is 23.3 Å². The molecule has 0 aliphatic carbocycles. The standard InChI is InChI=1S/C11H15N3O/c1-15-5-4-14-8-13-10-6-9(7-12)2-3-11(10)14/h2-3,6,8H,4-5,7,12H2,1H3. The van der Waals surface area contributed by atoms with Gasteiger partial charge in [-0.3, -0.25) is 0 Å². The van der Waals surface area contributed by atoms with Gasteiger partial charge in [-0.05, 0) is 17.7 Å². The van der Waals surface area contributed by atoms with Crippen molar-refractivity contribution in [1.82, 2.24) is 9.55 Å². The van der Waals surface area contributed by atoms with Crippen LogP contribution in [0, 0.1) is 0 Å². The maximum Gasteiger partial charge on any atom is 0.0959 e. The number of aromatic nitrogens is 2. The molecule has 0 bridgehead atoms. The first-order valence-corrected chi connectivity index (χ1v) is 4.98. The topological polar surface area (TPSA) is 53.1 Å². The Hall–Kier alpha value is -1.39. The van der Waals surface area contributed by atoms with Crippen LogP contribution in [0.1, 0.15) is 5.56 Å². The summed E-state index contributed by atoms with van der Waals surface area (Å²) in [6.07, 6.45) is 1.84. The quantitative estimate of drug-likeness (QED) is 0.814. The van der Waals surface area contributed by atoms with Crippen LogP contribution in [0.4, 0.5) is 0 Å². The number of ether oxygens (including phenoxy) is 1. The summed E-state index contributed by atoms with van der Waals surface area (Å²) in [4.78, 5) is 4.33. The Kier molecular flexibility index (Phi) is 2.99. The highest BCUT2D eigenvalue weighted by Gasteiger charge is 2.02. The van der Waals surface area contributed by atoms with Crippen molar-refractivity contribution in [3.8, 4) is 0 Å². The minimum atomic E-state index is 0.556. The van der Waals surface area contributed by atoms with Gasteiger partial charge in [0.15, 0.2) is 0 Å². The molecule has 2 rings (SSSR count). The molecule has 0 aliphatic heterocycles. The summed E-state index contributed by atoms with van der Waals surface area (Å²) in [5.74, 6) is 0. The van der Waals surface area contributed by atoms with E-state index in [1.807, 2.05) is 18.5 Å². The highest BCUT2D eigenvalue weighted by Crippen LogP contribution is 2.14. The molecular formula is C11H15N3O. The van der Waals surface area contributed by atoms with Gasteiger partial charge in [0.2, 0.25) is 0 Å². The average Bonchev–Trinajstić information content (AvgIpc) is 2.68. The second-order valence-corrected chi connectivity index (χ2v) is 3.46. The number of benzene rings is 1. The molecular weight excluding hydrogens is 190 g/mol. The summed E-state index contributed by atoms with van der Waals surface area (Å²) in [7, 11) is 1.70. The van der Waals surface area contributed by atoms with Crippen LogP contribution >= 0.6 is 0 Å². The normalized spacial score (nSPS) is 11.1. The van der Waals surface area contributed by atoms with Crippen molar-refractivity contribution < 1.29 is 4.74 Å². The SMILES string of the molecule is COCCn1cnc2cc(CN)ccc21. The Labute approximate surface area is 88.7 Å². The molecule has 4 nitrogen and oxygen atoms in total. The Balaban J connectivity index is 2.34. The number of methoxy groups -OCH3 is 1. The third kappa shape index (κ3) is 2.00. The second kappa shape index (κ2) is 4.42. The van der Waals surface area contributed by atoms with Crippen LogP contribution in [-0.2, 0) is 17.8 Å². The van der Waals surface area contributed by atoms with Gasteiger partial charge < -0.3 is 15.0 Å². The van der Waals surface area contributed by atoms with Gasteiger partial charge in [-0.2, -0.15) is 0 Å². The van der Waals surface area contributed by atoms with E-state index in [4.69, 9.17) is 10.5 Å². The van der Waals surface area contributed by atoms with E-state index >= 15 is 0 Å². The summed E-state index contributed by atoms with van der Waals surface area (Å²) in [5.41, 5.74) is 8.81. The lowest BCUT2D eigenvalue weighted by Gasteiger charge is -2.03. The number of imidazole rings is 1.